The quantitative estimate of drug-likeness (QED) is 0.0784. The van der Waals surface area contributed by atoms with Crippen molar-refractivity contribution in [2.24, 2.45) is 50.2 Å². The second-order valence-electron chi connectivity index (χ2n) is 26.5. The van der Waals surface area contributed by atoms with E-state index in [0.29, 0.717) is 12.8 Å². The number of rotatable bonds is 13. The summed E-state index contributed by atoms with van der Waals surface area (Å²) in [6.45, 7) is 15.0. The lowest BCUT2D eigenvalue weighted by Gasteiger charge is -2.72. The van der Waals surface area contributed by atoms with Gasteiger partial charge in [-0.15, -0.1) is 0 Å². The van der Waals surface area contributed by atoms with Crippen LogP contribution in [-0.4, -0.2) is 235 Å². The molecule has 0 bridgehead atoms. The van der Waals surface area contributed by atoms with Gasteiger partial charge in [0.1, 0.15) is 85.5 Å². The van der Waals surface area contributed by atoms with E-state index in [1.165, 1.54) is 19.4 Å². The Bertz CT molecular complexity index is 2070. The highest BCUT2D eigenvalue weighted by molar-refractivity contribution is 5.36. The largest absolute Gasteiger partial charge is 0.396 e. The number of aliphatic hydroxyl groups is 13. The van der Waals surface area contributed by atoms with E-state index in [1.54, 1.807) is 7.11 Å². The minimum absolute atomic E-state index is 0.0204. The third kappa shape index (κ3) is 9.85. The molecule has 9 rings (SSSR count). The molecular formula is C55H92O22. The zero-order chi connectivity index (χ0) is 56.3. The van der Waals surface area contributed by atoms with E-state index in [1.807, 2.05) is 6.92 Å². The summed E-state index contributed by atoms with van der Waals surface area (Å²) in [4.78, 5) is 0. The normalized spacial score (nSPS) is 55.8. The maximum absolute atomic E-state index is 12.0. The van der Waals surface area contributed by atoms with Crippen molar-refractivity contribution in [3.8, 4) is 0 Å². The van der Waals surface area contributed by atoms with Gasteiger partial charge in [-0.2, -0.15) is 0 Å². The van der Waals surface area contributed by atoms with Gasteiger partial charge in [-0.3, -0.25) is 0 Å². The Kier molecular flexibility index (Phi) is 17.4. The molecule has 30 atom stereocenters. The fraction of sp³-hybridized carbons (Fsp3) is 0.964. The molecule has 4 saturated carbocycles. The molecule has 0 aromatic rings. The van der Waals surface area contributed by atoms with Gasteiger partial charge in [-0.05, 0) is 105 Å². The first-order chi connectivity index (χ1) is 36.1. The van der Waals surface area contributed by atoms with Crippen LogP contribution in [0, 0.1) is 50.2 Å². The molecule has 0 aromatic heterocycles. The number of hydrogen-bond acceptors (Lipinski definition) is 22. The molecule has 13 N–H and O–H groups in total. The number of hydrogen-bond donors (Lipinski definition) is 13. The summed E-state index contributed by atoms with van der Waals surface area (Å²) in [5.41, 5.74) is -0.390. The van der Waals surface area contributed by atoms with Crippen LogP contribution in [0.15, 0.2) is 11.6 Å². The first-order valence-electron chi connectivity index (χ1n) is 28.2. The molecule has 0 amide bonds. The maximum atomic E-state index is 12.0. The minimum atomic E-state index is -2.01. The molecule has 77 heavy (non-hydrogen) atoms. The van der Waals surface area contributed by atoms with Crippen molar-refractivity contribution in [2.45, 2.75) is 248 Å². The number of methoxy groups -OCH3 is 1. The third-order valence-electron chi connectivity index (χ3n) is 21.8. The van der Waals surface area contributed by atoms with Crippen molar-refractivity contribution in [3.05, 3.63) is 11.6 Å². The lowest BCUT2D eigenvalue weighted by atomic mass is 9.33. The first kappa shape index (κ1) is 60.5. The summed E-state index contributed by atoms with van der Waals surface area (Å²) in [6, 6.07) is 0. The van der Waals surface area contributed by atoms with Gasteiger partial charge >= 0.3 is 0 Å². The Balaban J connectivity index is 1.01. The summed E-state index contributed by atoms with van der Waals surface area (Å²) >= 11 is 0. The molecule has 0 radical (unpaired) electrons. The molecule has 9 aliphatic rings. The zero-order valence-electron chi connectivity index (χ0n) is 46.2. The molecule has 5 aliphatic carbocycles. The number of ether oxygens (including phenoxy) is 9. The van der Waals surface area contributed by atoms with Crippen LogP contribution in [0.2, 0.25) is 0 Å². The predicted octanol–water partition coefficient (Wildman–Crippen LogP) is -0.909. The van der Waals surface area contributed by atoms with E-state index >= 15 is 0 Å². The van der Waals surface area contributed by atoms with E-state index < -0.39 is 153 Å². The SMILES string of the molecule is CO[C@H]1C=C2[C@@H]3CC(C)(C)CC[C@]3(CO)CC[C@@]2(C)[C@]2(C)CC[C@H]3[C@](C)(CO)[C@@H](O[C@@H]4O[C@H](C)[C@H](O)[C@H](O[C@@H]5O[C@H](CO)[C@@H](O[C@@H]6O[C@@H](C)[C@H](O)[C@@H](O)[C@H]6O)[C@H](O)[C@H]5O)[C@H]4O[C@@H]4O[C@H](CO)[C@@H](O)[C@H](O)[C@H]4O)CC[C@]3(C)[C@@H]12. The van der Waals surface area contributed by atoms with Crippen molar-refractivity contribution < 1.29 is 109 Å². The Morgan fingerprint density at radius 1 is 0.532 bits per heavy atom. The monoisotopic (exact) mass is 1100 g/mol. The minimum Gasteiger partial charge on any atom is -0.396 e. The van der Waals surface area contributed by atoms with E-state index in [-0.39, 0.29) is 58.7 Å². The van der Waals surface area contributed by atoms with E-state index in [0.717, 1.165) is 44.9 Å². The lowest BCUT2D eigenvalue weighted by molar-refractivity contribution is -0.403. The highest BCUT2D eigenvalue weighted by Gasteiger charge is 2.71. The maximum Gasteiger partial charge on any atom is 0.187 e. The van der Waals surface area contributed by atoms with Gasteiger partial charge in [-0.25, -0.2) is 0 Å². The van der Waals surface area contributed by atoms with Crippen LogP contribution in [-0.2, 0) is 42.6 Å². The molecule has 0 unspecified atom stereocenters. The average molecular weight is 1110 g/mol. The molecule has 444 valence electrons. The molecular weight excluding hydrogens is 1010 g/mol. The van der Waals surface area contributed by atoms with Crippen LogP contribution in [0.5, 0.6) is 0 Å². The highest BCUT2D eigenvalue weighted by Crippen LogP contribution is 2.76. The standard InChI is InChI=1S/C55H92O22/c1-24-33(60)36(63)39(66)46(70-24)75-42-30(21-57)73-48(41(68)38(42)65)76-43-34(61)25(2)71-49(44(43)77-47-40(67)37(64)35(62)29(20-56)72-47)74-32-11-12-51(5)31(52(32,6)22-58)10-13-54(8)45(51)28(69-9)18-26-27-19-50(3,4)14-16-55(27,23-59)17-15-53(26,54)7/h18,24-25,27-49,56-68H,10-17,19-23H2,1-9H3/t24-,25+,27-,28-,29+,30+,31+,32-,33-,34-,35+,36+,37-,38+,39+,40+,41+,42+,43-,44+,45+,46-,47-,48-,49-,51-,52-,53+,54+,55+/m0/s1. The topological polar surface area (TPSA) is 346 Å². The van der Waals surface area contributed by atoms with Crippen molar-refractivity contribution in [1.29, 1.82) is 0 Å². The van der Waals surface area contributed by atoms with Crippen LogP contribution in [0.1, 0.15) is 113 Å². The van der Waals surface area contributed by atoms with Crippen molar-refractivity contribution >= 4 is 0 Å². The van der Waals surface area contributed by atoms with Crippen molar-refractivity contribution in [2.75, 3.05) is 33.5 Å². The molecule has 8 fully saturated rings. The Morgan fingerprint density at radius 2 is 1.09 bits per heavy atom. The van der Waals surface area contributed by atoms with Gasteiger partial charge in [0.05, 0.1) is 44.2 Å². The smallest absolute Gasteiger partial charge is 0.187 e. The van der Waals surface area contributed by atoms with Crippen LogP contribution in [0.4, 0.5) is 0 Å². The molecule has 22 nitrogen and oxygen atoms in total. The van der Waals surface area contributed by atoms with Gasteiger partial charge in [0, 0.05) is 30.5 Å². The van der Waals surface area contributed by atoms with Gasteiger partial charge in [0.25, 0.3) is 0 Å². The first-order valence-corrected chi connectivity index (χ1v) is 28.2. The van der Waals surface area contributed by atoms with E-state index in [9.17, 15) is 66.4 Å². The second kappa shape index (κ2) is 22.1. The molecule has 22 heteroatoms. The second-order valence-corrected chi connectivity index (χ2v) is 26.5. The third-order valence-corrected chi connectivity index (χ3v) is 21.8. The summed E-state index contributed by atoms with van der Waals surface area (Å²) in [6.07, 6.45) is -24.1. The summed E-state index contributed by atoms with van der Waals surface area (Å²) in [5.74, 6) is 0.102. The average Bonchev–Trinajstić information content (AvgIpc) is 3.41. The van der Waals surface area contributed by atoms with Gasteiger partial charge in [0.2, 0.25) is 0 Å². The molecule has 4 heterocycles. The van der Waals surface area contributed by atoms with Gasteiger partial charge in [-0.1, -0.05) is 53.2 Å². The zero-order valence-corrected chi connectivity index (χ0v) is 46.2. The number of aliphatic hydroxyl groups excluding tert-OH is 13. The van der Waals surface area contributed by atoms with Crippen molar-refractivity contribution in [3.63, 3.8) is 0 Å². The van der Waals surface area contributed by atoms with Gasteiger partial charge in [0.15, 0.2) is 25.2 Å². The van der Waals surface area contributed by atoms with Crippen LogP contribution >= 0.6 is 0 Å². The molecule has 0 aromatic carbocycles. The molecule has 0 spiro atoms. The predicted molar refractivity (Wildman–Crippen MR) is 267 cm³/mol. The molecule has 4 saturated heterocycles. The summed E-state index contributed by atoms with van der Waals surface area (Å²) in [7, 11) is 1.78. The summed E-state index contributed by atoms with van der Waals surface area (Å²) in [5, 5.41) is 143. The summed E-state index contributed by atoms with van der Waals surface area (Å²) < 4.78 is 56.0. The van der Waals surface area contributed by atoms with E-state index in [2.05, 4.69) is 40.7 Å². The fourth-order valence-corrected chi connectivity index (χ4v) is 16.8. The van der Waals surface area contributed by atoms with Gasteiger partial charge < -0.3 is 109 Å². The number of fused-ring (bicyclic) bond motifs is 7. The Hall–Kier alpha value is -1.14. The van der Waals surface area contributed by atoms with Crippen molar-refractivity contribution in [1.82, 2.24) is 0 Å². The molecule has 4 aliphatic heterocycles. The fourth-order valence-electron chi connectivity index (χ4n) is 16.8. The van der Waals surface area contributed by atoms with Crippen LogP contribution in [0.3, 0.4) is 0 Å². The Labute approximate surface area is 451 Å². The highest BCUT2D eigenvalue weighted by atomic mass is 16.8. The van der Waals surface area contributed by atoms with Crippen LogP contribution in [0.25, 0.3) is 0 Å². The van der Waals surface area contributed by atoms with Crippen LogP contribution < -0.4 is 0 Å². The Morgan fingerprint density at radius 3 is 1.71 bits per heavy atom. The number of allylic oxidation sites excluding steroid dienone is 1. The lowest BCUT2D eigenvalue weighted by Crippen LogP contribution is -2.69. The van der Waals surface area contributed by atoms with E-state index in [4.69, 9.17) is 42.6 Å².